The van der Waals surface area contributed by atoms with Gasteiger partial charge in [-0.3, -0.25) is 25.4 Å². The number of hydrogen-bond donors (Lipinski definition) is 2. The van der Waals surface area contributed by atoms with Crippen LogP contribution in [0.5, 0.6) is 0 Å². The zero-order chi connectivity index (χ0) is 15.9. The largest absolute Gasteiger partial charge is 0.288 e. The van der Waals surface area contributed by atoms with Gasteiger partial charge in [0.25, 0.3) is 5.91 Å². The summed E-state index contributed by atoms with van der Waals surface area (Å²) in [4.78, 5) is 28.2. The lowest BCUT2D eigenvalue weighted by atomic mass is 9.49. The van der Waals surface area contributed by atoms with E-state index < -0.39 is 0 Å². The highest BCUT2D eigenvalue weighted by Gasteiger charge is 2.51. The molecule has 4 bridgehead atoms. The van der Waals surface area contributed by atoms with Crippen LogP contribution in [-0.4, -0.2) is 16.8 Å². The van der Waals surface area contributed by atoms with Crippen LogP contribution in [0.3, 0.4) is 0 Å². The molecule has 122 valence electrons. The zero-order valence-corrected chi connectivity index (χ0v) is 13.3. The molecule has 5 rings (SSSR count). The van der Waals surface area contributed by atoms with Gasteiger partial charge in [-0.2, -0.15) is 0 Å². The Balaban J connectivity index is 1.33. The molecule has 1 heterocycles. The fourth-order valence-corrected chi connectivity index (χ4v) is 5.58. The molecule has 5 nitrogen and oxygen atoms in total. The van der Waals surface area contributed by atoms with Crippen LogP contribution >= 0.6 is 0 Å². The number of carbonyl (C=O) groups is 2. The summed E-state index contributed by atoms with van der Waals surface area (Å²) in [5, 5.41) is 0. The van der Waals surface area contributed by atoms with Crippen LogP contribution in [0.2, 0.25) is 0 Å². The number of nitrogens with one attached hydrogen (secondary N) is 2. The van der Waals surface area contributed by atoms with Crippen LogP contribution in [0, 0.1) is 23.2 Å². The van der Waals surface area contributed by atoms with E-state index in [1.807, 2.05) is 0 Å². The van der Waals surface area contributed by atoms with E-state index in [-0.39, 0.29) is 17.2 Å². The maximum Gasteiger partial charge on any atom is 0.288 e. The second-order valence-corrected chi connectivity index (χ2v) is 7.81. The van der Waals surface area contributed by atoms with Crippen LogP contribution in [0.4, 0.5) is 0 Å². The summed E-state index contributed by atoms with van der Waals surface area (Å²) in [6.45, 7) is 0. The molecule has 2 amide bonds. The normalized spacial score (nSPS) is 34.2. The first-order valence-corrected chi connectivity index (χ1v) is 8.62. The molecule has 0 saturated heterocycles. The molecule has 4 fully saturated rings. The first-order valence-electron chi connectivity index (χ1n) is 8.62. The number of hydrazine groups is 1. The fourth-order valence-electron chi connectivity index (χ4n) is 5.58. The van der Waals surface area contributed by atoms with Crippen molar-refractivity contribution < 1.29 is 9.59 Å². The molecule has 4 aliphatic carbocycles. The van der Waals surface area contributed by atoms with Gasteiger partial charge in [-0.1, -0.05) is 6.07 Å². The zero-order valence-electron chi connectivity index (χ0n) is 13.3. The minimum Gasteiger partial charge on any atom is -0.273 e. The van der Waals surface area contributed by atoms with Crippen molar-refractivity contribution in [3.8, 4) is 0 Å². The molecule has 0 atom stereocenters. The molecule has 5 heteroatoms. The third-order valence-electron chi connectivity index (χ3n) is 5.91. The van der Waals surface area contributed by atoms with E-state index in [1.54, 1.807) is 24.4 Å². The molecule has 4 aliphatic rings. The van der Waals surface area contributed by atoms with E-state index >= 15 is 0 Å². The Hall–Kier alpha value is -1.91. The highest BCUT2D eigenvalue weighted by Crippen LogP contribution is 2.61. The van der Waals surface area contributed by atoms with Crippen LogP contribution < -0.4 is 10.9 Å². The molecule has 0 unspecified atom stereocenters. The van der Waals surface area contributed by atoms with Crippen molar-refractivity contribution in [3.05, 3.63) is 30.1 Å². The first-order chi connectivity index (χ1) is 11.1. The van der Waals surface area contributed by atoms with Crippen molar-refractivity contribution in [2.45, 2.75) is 44.9 Å². The number of aromatic nitrogens is 1. The van der Waals surface area contributed by atoms with Crippen molar-refractivity contribution in [3.63, 3.8) is 0 Å². The number of hydrogen-bond acceptors (Lipinski definition) is 3. The van der Waals surface area contributed by atoms with Crippen molar-refractivity contribution >= 4 is 11.8 Å². The lowest BCUT2D eigenvalue weighted by molar-refractivity contribution is -0.130. The molecule has 0 spiro atoms. The highest BCUT2D eigenvalue weighted by atomic mass is 16.2. The van der Waals surface area contributed by atoms with E-state index in [2.05, 4.69) is 15.8 Å². The Labute approximate surface area is 136 Å². The Morgan fingerprint density at radius 3 is 2.26 bits per heavy atom. The van der Waals surface area contributed by atoms with Gasteiger partial charge in [0.2, 0.25) is 5.91 Å². The summed E-state index contributed by atoms with van der Waals surface area (Å²) >= 11 is 0. The second-order valence-electron chi connectivity index (χ2n) is 7.81. The van der Waals surface area contributed by atoms with Gasteiger partial charge in [0.1, 0.15) is 5.69 Å². The molecular formula is C18H23N3O2. The van der Waals surface area contributed by atoms with Gasteiger partial charge in [-0.05, 0) is 73.8 Å². The van der Waals surface area contributed by atoms with Gasteiger partial charge < -0.3 is 0 Å². The summed E-state index contributed by atoms with van der Waals surface area (Å²) in [6.07, 6.45) is 9.80. The molecule has 0 aliphatic heterocycles. The summed E-state index contributed by atoms with van der Waals surface area (Å²) in [6, 6.07) is 5.13. The van der Waals surface area contributed by atoms with Crippen molar-refractivity contribution in [2.24, 2.45) is 23.2 Å². The minimum atomic E-state index is -0.371. The molecule has 1 aromatic heterocycles. The number of pyridine rings is 1. The van der Waals surface area contributed by atoms with Crippen molar-refractivity contribution in [2.75, 3.05) is 0 Å². The smallest absolute Gasteiger partial charge is 0.273 e. The molecule has 2 N–H and O–H groups in total. The average molecular weight is 313 g/mol. The van der Waals surface area contributed by atoms with Crippen LogP contribution in [0.15, 0.2) is 24.4 Å². The van der Waals surface area contributed by atoms with Gasteiger partial charge in [-0.15, -0.1) is 0 Å². The van der Waals surface area contributed by atoms with E-state index in [9.17, 15) is 9.59 Å². The van der Waals surface area contributed by atoms with E-state index in [0.717, 1.165) is 17.8 Å². The third-order valence-corrected chi connectivity index (χ3v) is 5.91. The lowest BCUT2D eigenvalue weighted by Crippen LogP contribution is -2.50. The average Bonchev–Trinajstić information content (AvgIpc) is 2.51. The molecule has 0 radical (unpaired) electrons. The SMILES string of the molecule is O=C(CC12CC3CC(CC(C3)C1)C2)NNC(=O)c1ccccn1. The Bertz CT molecular complexity index is 579. The summed E-state index contributed by atoms with van der Waals surface area (Å²) < 4.78 is 0. The molecule has 1 aromatic rings. The first kappa shape index (κ1) is 14.7. The van der Waals surface area contributed by atoms with Crippen molar-refractivity contribution in [1.82, 2.24) is 15.8 Å². The number of carbonyl (C=O) groups excluding carboxylic acids is 2. The monoisotopic (exact) mass is 313 g/mol. The molecule has 23 heavy (non-hydrogen) atoms. The van der Waals surface area contributed by atoms with Crippen molar-refractivity contribution in [1.29, 1.82) is 0 Å². The molecule has 0 aromatic carbocycles. The maximum absolute atomic E-state index is 12.3. The van der Waals surface area contributed by atoms with Gasteiger partial charge in [-0.25, -0.2) is 0 Å². The number of nitrogens with zero attached hydrogens (tertiary/aromatic N) is 1. The van der Waals surface area contributed by atoms with Gasteiger partial charge in [0, 0.05) is 12.6 Å². The molecule has 4 saturated carbocycles. The Kier molecular flexibility index (Phi) is 3.58. The quantitative estimate of drug-likeness (QED) is 0.842. The Morgan fingerprint density at radius 1 is 1.04 bits per heavy atom. The predicted molar refractivity (Wildman–Crippen MR) is 85.1 cm³/mol. The summed E-state index contributed by atoms with van der Waals surface area (Å²) in [5.74, 6) is 2.05. The molecular weight excluding hydrogens is 290 g/mol. The highest BCUT2D eigenvalue weighted by molar-refractivity contribution is 5.93. The third kappa shape index (κ3) is 2.96. The van der Waals surface area contributed by atoms with E-state index in [4.69, 9.17) is 0 Å². The van der Waals surface area contributed by atoms with E-state index in [1.165, 1.54) is 38.5 Å². The van der Waals surface area contributed by atoms with E-state index in [0.29, 0.717) is 12.1 Å². The standard InChI is InChI=1S/C18H23N3O2/c22-16(20-21-17(23)15-3-1-2-4-19-15)11-18-8-12-5-13(9-18)7-14(6-12)10-18/h1-4,12-14H,5-11H2,(H,20,22)(H,21,23). The summed E-state index contributed by atoms with van der Waals surface area (Å²) in [7, 11) is 0. The second kappa shape index (κ2) is 5.62. The van der Waals surface area contributed by atoms with Gasteiger partial charge >= 0.3 is 0 Å². The Morgan fingerprint density at radius 2 is 1.70 bits per heavy atom. The van der Waals surface area contributed by atoms with Crippen LogP contribution in [0.25, 0.3) is 0 Å². The van der Waals surface area contributed by atoms with Gasteiger partial charge in [0.15, 0.2) is 0 Å². The number of amides is 2. The van der Waals surface area contributed by atoms with Crippen LogP contribution in [0.1, 0.15) is 55.4 Å². The topological polar surface area (TPSA) is 71.1 Å². The minimum absolute atomic E-state index is 0.0729. The van der Waals surface area contributed by atoms with Gasteiger partial charge in [0.05, 0.1) is 0 Å². The lowest BCUT2D eigenvalue weighted by Gasteiger charge is -2.56. The maximum atomic E-state index is 12.3. The summed E-state index contributed by atoms with van der Waals surface area (Å²) in [5.41, 5.74) is 5.55. The predicted octanol–water partition coefficient (Wildman–Crippen LogP) is 2.45. The number of rotatable bonds is 3. The fraction of sp³-hybridized carbons (Fsp3) is 0.611. The van der Waals surface area contributed by atoms with Crippen LogP contribution in [-0.2, 0) is 4.79 Å².